The van der Waals surface area contributed by atoms with Crippen LogP contribution in [-0.4, -0.2) is 17.6 Å². The van der Waals surface area contributed by atoms with Gasteiger partial charge in [0, 0.05) is 16.0 Å². The van der Waals surface area contributed by atoms with Crippen LogP contribution in [0.25, 0.3) is 9.40 Å². The summed E-state index contributed by atoms with van der Waals surface area (Å²) in [5.41, 5.74) is 1.35. The lowest BCUT2D eigenvalue weighted by molar-refractivity contribution is -0.140. The molecule has 0 bridgehead atoms. The smallest absolute Gasteiger partial charge is 0.337 e. The number of hydrogen-bond donors (Lipinski definition) is 2. The molecule has 20 heavy (non-hydrogen) atoms. The second-order valence-electron chi connectivity index (χ2n) is 4.36. The second-order valence-corrected chi connectivity index (χ2v) is 7.08. The molecule has 3 heterocycles. The van der Waals surface area contributed by atoms with Gasteiger partial charge in [0.15, 0.2) is 5.11 Å². The van der Waals surface area contributed by atoms with Gasteiger partial charge < -0.3 is 15.4 Å². The first-order chi connectivity index (χ1) is 9.63. The Morgan fingerprint density at radius 2 is 2.40 bits per heavy atom. The summed E-state index contributed by atoms with van der Waals surface area (Å²) in [6.45, 7) is 2.55. The fourth-order valence-corrected chi connectivity index (χ4v) is 4.22. The van der Waals surface area contributed by atoms with Crippen LogP contribution in [0.3, 0.4) is 0 Å². The molecular weight excluding hydrogens is 312 g/mol. The van der Waals surface area contributed by atoms with Gasteiger partial charge in [-0.25, -0.2) is 4.79 Å². The molecule has 0 spiro atoms. The van der Waals surface area contributed by atoms with Gasteiger partial charge in [0.25, 0.3) is 0 Å². The van der Waals surface area contributed by atoms with E-state index in [2.05, 4.69) is 28.1 Å². The highest BCUT2D eigenvalue weighted by molar-refractivity contribution is 7.80. The van der Waals surface area contributed by atoms with E-state index in [1.165, 1.54) is 9.40 Å². The van der Waals surface area contributed by atoms with Crippen molar-refractivity contribution in [3.8, 4) is 0 Å². The predicted molar refractivity (Wildman–Crippen MR) is 85.9 cm³/mol. The molecule has 0 aromatic carbocycles. The Hall–Kier alpha value is -1.44. The van der Waals surface area contributed by atoms with E-state index in [9.17, 15) is 4.79 Å². The van der Waals surface area contributed by atoms with Crippen molar-refractivity contribution >= 4 is 55.4 Å². The van der Waals surface area contributed by atoms with Crippen LogP contribution in [0.5, 0.6) is 0 Å². The third-order valence-corrected chi connectivity index (χ3v) is 5.40. The van der Waals surface area contributed by atoms with Crippen LogP contribution in [0, 0.1) is 0 Å². The predicted octanol–water partition coefficient (Wildman–Crippen LogP) is 2.76. The van der Waals surface area contributed by atoms with E-state index < -0.39 is 0 Å². The molecule has 0 saturated heterocycles. The van der Waals surface area contributed by atoms with E-state index in [1.807, 2.05) is 6.92 Å². The first-order valence-corrected chi connectivity index (χ1v) is 8.11. The number of allylic oxidation sites excluding steroid dienone is 1. The maximum Gasteiger partial charge on any atom is 0.337 e. The molecule has 2 N–H and O–H groups in total. The van der Waals surface area contributed by atoms with Crippen LogP contribution in [-0.2, 0) is 16.1 Å². The summed E-state index contributed by atoms with van der Waals surface area (Å²) >= 11 is 8.36. The van der Waals surface area contributed by atoms with Crippen molar-refractivity contribution in [2.75, 3.05) is 6.54 Å². The van der Waals surface area contributed by atoms with Crippen LogP contribution in [0.2, 0.25) is 0 Å². The van der Waals surface area contributed by atoms with E-state index in [0.29, 0.717) is 23.8 Å². The summed E-state index contributed by atoms with van der Waals surface area (Å²) in [5, 5.41) is 9.67. The number of thiocarbonyl (C=S) groups is 1. The zero-order valence-electron chi connectivity index (χ0n) is 10.7. The molecule has 1 aliphatic heterocycles. The van der Waals surface area contributed by atoms with Crippen molar-refractivity contribution in [3.05, 3.63) is 33.7 Å². The summed E-state index contributed by atoms with van der Waals surface area (Å²) in [6, 6.07) is 4.14. The van der Waals surface area contributed by atoms with Gasteiger partial charge in [0.2, 0.25) is 0 Å². The van der Waals surface area contributed by atoms with E-state index >= 15 is 0 Å². The molecule has 0 amide bonds. The van der Waals surface area contributed by atoms with Gasteiger partial charge in [-0.3, -0.25) is 0 Å². The average Bonchev–Trinajstić information content (AvgIpc) is 2.96. The summed E-state index contributed by atoms with van der Waals surface area (Å²) < 4.78 is 6.63. The van der Waals surface area contributed by atoms with Gasteiger partial charge in [-0.1, -0.05) is 0 Å². The highest BCUT2D eigenvalue weighted by Crippen LogP contribution is 2.30. The van der Waals surface area contributed by atoms with E-state index in [4.69, 9.17) is 17.0 Å². The number of rotatable bonds is 3. The van der Waals surface area contributed by atoms with Crippen molar-refractivity contribution in [2.45, 2.75) is 13.5 Å². The standard InChI is InChI=1S/C13H12N2O2S3/c1-7-10(5-14-13(18)15-7)11(16)17-6-9-4-8-2-3-19-12(8)20-9/h2-4H,5-6H2,1H3,(H2,14,15,18). The fraction of sp³-hybridized carbons (Fsp3) is 0.231. The lowest BCUT2D eigenvalue weighted by atomic mass is 10.2. The normalized spacial score (nSPS) is 15.2. The van der Waals surface area contributed by atoms with Crippen molar-refractivity contribution in [2.24, 2.45) is 0 Å². The van der Waals surface area contributed by atoms with Crippen LogP contribution in [0.1, 0.15) is 11.8 Å². The number of ether oxygens (including phenoxy) is 1. The van der Waals surface area contributed by atoms with Crippen molar-refractivity contribution < 1.29 is 9.53 Å². The van der Waals surface area contributed by atoms with Gasteiger partial charge in [0.1, 0.15) is 6.61 Å². The average molecular weight is 324 g/mol. The number of carbonyl (C=O) groups excluding carboxylic acids is 1. The molecule has 4 nitrogen and oxygen atoms in total. The Labute approximate surface area is 129 Å². The molecule has 0 unspecified atom stereocenters. The molecule has 7 heteroatoms. The summed E-state index contributed by atoms with van der Waals surface area (Å²) in [7, 11) is 0. The summed E-state index contributed by atoms with van der Waals surface area (Å²) in [5.74, 6) is -0.304. The lowest BCUT2D eigenvalue weighted by Crippen LogP contribution is -2.42. The number of hydrogen-bond acceptors (Lipinski definition) is 5. The summed E-state index contributed by atoms with van der Waals surface area (Å²) in [4.78, 5) is 13.1. The van der Waals surface area contributed by atoms with Gasteiger partial charge in [-0.05, 0) is 36.7 Å². The Balaban J connectivity index is 1.66. The molecule has 2 aromatic rings. The molecule has 0 fully saturated rings. The minimum Gasteiger partial charge on any atom is -0.457 e. The molecule has 2 aromatic heterocycles. The molecule has 0 saturated carbocycles. The largest absolute Gasteiger partial charge is 0.457 e. The zero-order chi connectivity index (χ0) is 14.1. The van der Waals surface area contributed by atoms with Gasteiger partial charge >= 0.3 is 5.97 Å². The third kappa shape index (κ3) is 2.70. The Morgan fingerprint density at radius 1 is 1.55 bits per heavy atom. The quantitative estimate of drug-likeness (QED) is 0.672. The number of esters is 1. The maximum atomic E-state index is 12.0. The molecule has 1 aliphatic rings. The van der Waals surface area contributed by atoms with Crippen molar-refractivity contribution in [1.29, 1.82) is 0 Å². The van der Waals surface area contributed by atoms with Crippen LogP contribution >= 0.6 is 34.9 Å². The molecule has 0 aliphatic carbocycles. The Kier molecular flexibility index (Phi) is 3.73. The van der Waals surface area contributed by atoms with Crippen LogP contribution < -0.4 is 10.6 Å². The topological polar surface area (TPSA) is 50.4 Å². The zero-order valence-corrected chi connectivity index (χ0v) is 13.1. The second kappa shape index (κ2) is 5.51. The number of thiophene rings is 2. The number of carbonyl (C=O) groups is 1. The Morgan fingerprint density at radius 3 is 3.15 bits per heavy atom. The van der Waals surface area contributed by atoms with Gasteiger partial charge in [-0.15, -0.1) is 22.7 Å². The third-order valence-electron chi connectivity index (χ3n) is 2.97. The van der Waals surface area contributed by atoms with E-state index in [-0.39, 0.29) is 5.97 Å². The molecule has 0 radical (unpaired) electrons. The molecular formula is C13H12N2O2S3. The summed E-state index contributed by atoms with van der Waals surface area (Å²) in [6.07, 6.45) is 0. The van der Waals surface area contributed by atoms with Gasteiger partial charge in [-0.2, -0.15) is 0 Å². The first-order valence-electron chi connectivity index (χ1n) is 6.01. The van der Waals surface area contributed by atoms with Crippen LogP contribution in [0.4, 0.5) is 0 Å². The number of fused-ring (bicyclic) bond motifs is 1. The maximum absolute atomic E-state index is 12.0. The van der Waals surface area contributed by atoms with E-state index in [0.717, 1.165) is 10.6 Å². The minimum absolute atomic E-state index is 0.304. The Bertz CT molecular complexity index is 686. The fourth-order valence-electron chi connectivity index (χ4n) is 1.93. The molecule has 3 rings (SSSR count). The van der Waals surface area contributed by atoms with Gasteiger partial charge in [0.05, 0.1) is 16.1 Å². The van der Waals surface area contributed by atoms with Crippen molar-refractivity contribution in [3.63, 3.8) is 0 Å². The minimum atomic E-state index is -0.304. The highest BCUT2D eigenvalue weighted by atomic mass is 32.2. The molecule has 104 valence electrons. The SMILES string of the molecule is CC1=C(C(=O)OCc2cc3ccsc3s2)CNC(=S)N1. The lowest BCUT2D eigenvalue weighted by Gasteiger charge is -2.20. The van der Waals surface area contributed by atoms with E-state index in [1.54, 1.807) is 22.7 Å². The van der Waals surface area contributed by atoms with Crippen molar-refractivity contribution in [1.82, 2.24) is 10.6 Å². The monoisotopic (exact) mass is 324 g/mol. The number of nitrogens with one attached hydrogen (secondary N) is 2. The first kappa shape index (κ1) is 13.5. The highest BCUT2D eigenvalue weighted by Gasteiger charge is 2.19. The molecule has 0 atom stereocenters. The van der Waals surface area contributed by atoms with Crippen LogP contribution in [0.15, 0.2) is 28.8 Å².